The van der Waals surface area contributed by atoms with Crippen LogP contribution in [0.25, 0.3) is 0 Å². The van der Waals surface area contributed by atoms with Crippen molar-refractivity contribution in [3.05, 3.63) is 0 Å². The van der Waals surface area contributed by atoms with Gasteiger partial charge in [-0.15, -0.1) is 0 Å². The predicted molar refractivity (Wildman–Crippen MR) is 233 cm³/mol. The van der Waals surface area contributed by atoms with E-state index in [1.807, 2.05) is 13.8 Å². The van der Waals surface area contributed by atoms with Crippen LogP contribution in [-0.4, -0.2) is 73.1 Å². The van der Waals surface area contributed by atoms with Gasteiger partial charge in [0, 0.05) is 18.8 Å². The van der Waals surface area contributed by atoms with Gasteiger partial charge in [-0.3, -0.25) is 24.0 Å². The van der Waals surface area contributed by atoms with E-state index in [-0.39, 0.29) is 105 Å². The third kappa shape index (κ3) is 10.2. The second-order valence-electron chi connectivity index (χ2n) is 19.1. The summed E-state index contributed by atoms with van der Waals surface area (Å²) in [6, 6.07) is 0. The molecule has 10 rings (SSSR count). The summed E-state index contributed by atoms with van der Waals surface area (Å²) in [6.07, 6.45) is 15.0. The number of aliphatic carboxylic acids is 1. The van der Waals surface area contributed by atoms with Crippen LogP contribution in [0.15, 0.2) is 0 Å². The topological polar surface area (TPSA) is 155 Å². The molecule has 8 aliphatic carbocycles. The molecule has 1 N–H and O–H groups in total. The maximum atomic E-state index is 13.3. The number of ether oxygens (including phenoxy) is 5. The Morgan fingerprint density at radius 2 is 1.33 bits per heavy atom. The van der Waals surface area contributed by atoms with Crippen LogP contribution in [-0.2, 0) is 47.7 Å². The van der Waals surface area contributed by atoms with Crippen LogP contribution >= 0.6 is 0 Å². The zero-order valence-electron chi connectivity index (χ0n) is 32.6. The first-order valence-electron chi connectivity index (χ1n) is 21.4. The molecule has 19 unspecified atom stereocenters. The third-order valence-corrected chi connectivity index (χ3v) is 16.2. The highest BCUT2D eigenvalue weighted by molar-refractivity contribution is 5.79. The number of esters is 4. The number of hydrogen-bond acceptors (Lipinski definition) is 10. The number of methoxy groups -OCH3 is 1. The van der Waals surface area contributed by atoms with Crippen LogP contribution in [0.3, 0.4) is 0 Å². The Kier molecular flexibility index (Phi) is 19.2. The van der Waals surface area contributed by atoms with Crippen molar-refractivity contribution in [2.24, 2.45) is 88.8 Å². The summed E-state index contributed by atoms with van der Waals surface area (Å²) >= 11 is 0. The van der Waals surface area contributed by atoms with Crippen molar-refractivity contribution in [1.82, 2.24) is 0 Å². The predicted octanol–water partition coefficient (Wildman–Crippen LogP) is 10.1. The molecule has 8 bridgehead atoms. The number of carboxylic acid groups (broad SMARTS) is 1. The molecule has 19 atom stereocenters. The van der Waals surface area contributed by atoms with Gasteiger partial charge in [0.1, 0.15) is 18.3 Å². The Bertz CT molecular complexity index is 1460. The fraction of sp³-hybridized carbons (Fsp3) is 0.898. The highest BCUT2D eigenvalue weighted by atomic mass is 16.6. The maximum absolute atomic E-state index is 13.3. The molecule has 0 aromatic heterocycles. The Hall–Kier alpha value is -2.69. The van der Waals surface area contributed by atoms with Crippen molar-refractivity contribution >= 4 is 29.8 Å². The molecule has 0 spiro atoms. The van der Waals surface area contributed by atoms with Gasteiger partial charge < -0.3 is 28.8 Å². The summed E-state index contributed by atoms with van der Waals surface area (Å²) in [5.74, 6) is 4.46. The molecule has 2 heterocycles. The number of carbonyl (C=O) groups is 5. The first-order chi connectivity index (χ1) is 25.9. The van der Waals surface area contributed by atoms with E-state index in [4.69, 9.17) is 33.6 Å². The van der Waals surface area contributed by atoms with Crippen molar-refractivity contribution in [2.45, 2.75) is 180 Å². The number of carbonyl (C=O) groups excluding carboxylic acids is 4. The zero-order chi connectivity index (χ0) is 38.0. The number of carboxylic acids is 1. The van der Waals surface area contributed by atoms with E-state index in [0.29, 0.717) is 24.4 Å². The number of rotatable bonds is 11. The summed E-state index contributed by atoms with van der Waals surface area (Å²) in [4.78, 5) is 60.4. The molecule has 10 fully saturated rings. The van der Waals surface area contributed by atoms with Gasteiger partial charge in [-0.1, -0.05) is 64.8 Å². The molecule has 0 aromatic carbocycles. The summed E-state index contributed by atoms with van der Waals surface area (Å²) < 4.78 is 28.1. The van der Waals surface area contributed by atoms with Gasteiger partial charge in [0.05, 0.1) is 43.5 Å². The summed E-state index contributed by atoms with van der Waals surface area (Å²) in [6.45, 7) is 5.89. The van der Waals surface area contributed by atoms with Crippen molar-refractivity contribution < 1.29 is 52.8 Å². The average molecular weight is 851 g/mol. The van der Waals surface area contributed by atoms with Gasteiger partial charge in [0.2, 0.25) is 0 Å². The summed E-state index contributed by atoms with van der Waals surface area (Å²) in [5.41, 5.74) is 0. The molecule has 8 saturated carbocycles. The molecule has 60 heavy (non-hydrogen) atoms. The Labute approximate surface area is 363 Å². The molecule has 10 aliphatic rings. The molecule has 348 valence electrons. The maximum Gasteiger partial charge on any atom is 0.309 e. The van der Waals surface area contributed by atoms with E-state index in [9.17, 15) is 19.2 Å². The minimum Gasteiger partial charge on any atom is -0.481 e. The van der Waals surface area contributed by atoms with E-state index < -0.39 is 35.8 Å². The second-order valence-corrected chi connectivity index (χ2v) is 19.1. The lowest BCUT2D eigenvalue weighted by molar-refractivity contribution is -0.167. The minimum atomic E-state index is -0.833. The van der Waals surface area contributed by atoms with E-state index in [0.717, 1.165) is 74.2 Å². The smallest absolute Gasteiger partial charge is 0.309 e. The minimum absolute atomic E-state index is 0. The molecule has 0 amide bonds. The van der Waals surface area contributed by atoms with Crippen LogP contribution in [0.2, 0.25) is 0 Å². The molecule has 2 saturated heterocycles. The Morgan fingerprint density at radius 1 is 0.700 bits per heavy atom. The quantitative estimate of drug-likeness (QED) is 0.0914. The SMILES string of the molecule is C.C.C.C.C.C.C1CC2CC1CC2C1CO1.CC(=O)O.CCC(CC(CC(C)C(=O)OC1CC2CC1C1C3CCC(C3)C21)C(=O)OC)C(=O)OC1C2CC3C(=O)OC1C3C2. The van der Waals surface area contributed by atoms with E-state index in [1.165, 1.54) is 58.5 Å². The first kappa shape index (κ1) is 53.4. The van der Waals surface area contributed by atoms with E-state index in [1.54, 1.807) is 0 Å². The Morgan fingerprint density at radius 3 is 1.92 bits per heavy atom. The summed E-state index contributed by atoms with van der Waals surface area (Å²) in [7, 11) is 1.35. The highest BCUT2D eigenvalue weighted by Gasteiger charge is 2.64. The lowest BCUT2D eigenvalue weighted by atomic mass is 9.70. The lowest BCUT2D eigenvalue weighted by Gasteiger charge is -2.38. The molecule has 11 heteroatoms. The number of hydrogen-bond donors (Lipinski definition) is 1. The van der Waals surface area contributed by atoms with Crippen molar-refractivity contribution in [2.75, 3.05) is 13.7 Å². The van der Waals surface area contributed by atoms with Crippen LogP contribution in [0.4, 0.5) is 0 Å². The standard InChI is InChI=1S/C32H44O8.C9H14O.C2H4O2.6CH4/c1-4-15(31(35)39-27-19-11-21-22(12-19)32(36)40-28(21)27)8-20(30(34)37-3)7-14(2)29(33)38-24-13-18-10-23(24)26-17-6-5-16(9-17)25(18)26;1-2-7-3-6(1)4-8(7)9-5-10-9;1-2(3)4;;;;;;/h14-28H,4-13H2,1-3H3;6-9H,1-5H2;1H3,(H,3,4);6*1H4. The van der Waals surface area contributed by atoms with Crippen LogP contribution in [0, 0.1) is 88.8 Å². The number of epoxide rings is 1. The van der Waals surface area contributed by atoms with Gasteiger partial charge in [0.15, 0.2) is 0 Å². The van der Waals surface area contributed by atoms with Gasteiger partial charge >= 0.3 is 23.9 Å². The van der Waals surface area contributed by atoms with Crippen LogP contribution in [0.1, 0.15) is 155 Å². The summed E-state index contributed by atoms with van der Waals surface area (Å²) in [5, 5.41) is 7.42. The van der Waals surface area contributed by atoms with Gasteiger partial charge in [-0.25, -0.2) is 0 Å². The van der Waals surface area contributed by atoms with Crippen molar-refractivity contribution in [1.29, 1.82) is 0 Å². The largest absolute Gasteiger partial charge is 0.481 e. The normalized spacial score (nSPS) is 40.2. The third-order valence-electron chi connectivity index (χ3n) is 16.2. The van der Waals surface area contributed by atoms with Gasteiger partial charge in [0.25, 0.3) is 5.97 Å². The second kappa shape index (κ2) is 21.6. The molecule has 0 radical (unpaired) electrons. The fourth-order valence-corrected chi connectivity index (χ4v) is 14.0. The highest BCUT2D eigenvalue weighted by Crippen LogP contribution is 2.68. The van der Waals surface area contributed by atoms with Gasteiger partial charge in [-0.05, 0) is 137 Å². The van der Waals surface area contributed by atoms with Crippen LogP contribution < -0.4 is 0 Å². The van der Waals surface area contributed by atoms with Crippen LogP contribution in [0.5, 0.6) is 0 Å². The number of fused-ring (bicyclic) bond motifs is 12. The molecular weight excluding hydrogens is 765 g/mol. The molecule has 2 aliphatic heterocycles. The van der Waals surface area contributed by atoms with E-state index >= 15 is 0 Å². The lowest BCUT2D eigenvalue weighted by Crippen LogP contribution is -2.39. The molecule has 11 nitrogen and oxygen atoms in total. The Balaban J connectivity index is 0.000000527. The van der Waals surface area contributed by atoms with Crippen molar-refractivity contribution in [3.63, 3.8) is 0 Å². The molecule has 0 aromatic rings. The average Bonchev–Trinajstić information content (AvgIpc) is 3.93. The van der Waals surface area contributed by atoms with Gasteiger partial charge in [-0.2, -0.15) is 0 Å². The first-order valence-corrected chi connectivity index (χ1v) is 21.4. The fourth-order valence-electron chi connectivity index (χ4n) is 14.0. The van der Waals surface area contributed by atoms with E-state index in [2.05, 4.69) is 0 Å². The molecular formula is C49H86O11. The zero-order valence-corrected chi connectivity index (χ0v) is 32.6. The van der Waals surface area contributed by atoms with Crippen molar-refractivity contribution in [3.8, 4) is 0 Å². The monoisotopic (exact) mass is 851 g/mol.